The molecule has 0 spiro atoms. The topological polar surface area (TPSA) is 88.7 Å². The summed E-state index contributed by atoms with van der Waals surface area (Å²) >= 11 is 0. The zero-order valence-corrected chi connectivity index (χ0v) is 9.63. The molecule has 1 aromatic rings. The second-order valence-electron chi connectivity index (χ2n) is 4.03. The Bertz CT molecular complexity index is 393. The zero-order valence-electron chi connectivity index (χ0n) is 9.63. The lowest BCUT2D eigenvalue weighted by Crippen LogP contribution is -2.46. The second kappa shape index (κ2) is 5.24. The molecule has 1 unspecified atom stereocenters. The summed E-state index contributed by atoms with van der Waals surface area (Å²) in [5.74, 6) is 0.276. The van der Waals surface area contributed by atoms with E-state index in [1.807, 2.05) is 4.90 Å². The summed E-state index contributed by atoms with van der Waals surface area (Å²) in [4.78, 5) is 16.9. The van der Waals surface area contributed by atoms with Gasteiger partial charge in [0.25, 0.3) is 0 Å². The number of carbonyl (C=O) groups is 1. The molecule has 2 heterocycles. The summed E-state index contributed by atoms with van der Waals surface area (Å²) in [6.45, 7) is 3.95. The molecule has 7 nitrogen and oxygen atoms in total. The molecule has 1 saturated heterocycles. The third kappa shape index (κ3) is 3.24. The molecule has 1 atom stereocenters. The SMILES string of the molecule is Cc1nc(CN2CCOCC2CC(=O)O)no1. The molecule has 17 heavy (non-hydrogen) atoms. The van der Waals surface area contributed by atoms with Crippen LogP contribution in [0.15, 0.2) is 4.52 Å². The Hall–Kier alpha value is -1.47. The van der Waals surface area contributed by atoms with E-state index >= 15 is 0 Å². The molecule has 0 amide bonds. The van der Waals surface area contributed by atoms with Gasteiger partial charge in [-0.2, -0.15) is 4.98 Å². The van der Waals surface area contributed by atoms with Crippen molar-refractivity contribution in [2.45, 2.75) is 25.9 Å². The number of nitrogens with zero attached hydrogens (tertiary/aromatic N) is 3. The van der Waals surface area contributed by atoms with Crippen LogP contribution in [0.5, 0.6) is 0 Å². The Morgan fingerprint density at radius 3 is 3.12 bits per heavy atom. The van der Waals surface area contributed by atoms with Crippen molar-refractivity contribution in [2.24, 2.45) is 0 Å². The first-order chi connectivity index (χ1) is 8.15. The van der Waals surface area contributed by atoms with Gasteiger partial charge in [0.2, 0.25) is 5.89 Å². The summed E-state index contributed by atoms with van der Waals surface area (Å²) in [6, 6.07) is -0.125. The number of carboxylic acids is 1. The number of hydrogen-bond donors (Lipinski definition) is 1. The monoisotopic (exact) mass is 241 g/mol. The first-order valence-corrected chi connectivity index (χ1v) is 5.48. The van der Waals surface area contributed by atoms with E-state index in [0.29, 0.717) is 38.0 Å². The molecule has 0 saturated carbocycles. The van der Waals surface area contributed by atoms with Crippen molar-refractivity contribution in [1.29, 1.82) is 0 Å². The third-order valence-corrected chi connectivity index (χ3v) is 2.67. The summed E-state index contributed by atoms with van der Waals surface area (Å²) < 4.78 is 10.2. The van der Waals surface area contributed by atoms with Crippen molar-refractivity contribution in [3.8, 4) is 0 Å². The smallest absolute Gasteiger partial charge is 0.305 e. The van der Waals surface area contributed by atoms with Crippen molar-refractivity contribution in [3.05, 3.63) is 11.7 Å². The number of aliphatic carboxylic acids is 1. The highest BCUT2D eigenvalue weighted by Crippen LogP contribution is 2.13. The van der Waals surface area contributed by atoms with E-state index in [9.17, 15) is 4.79 Å². The Morgan fingerprint density at radius 2 is 2.47 bits per heavy atom. The van der Waals surface area contributed by atoms with E-state index in [0.717, 1.165) is 0 Å². The lowest BCUT2D eigenvalue weighted by atomic mass is 10.1. The fourth-order valence-electron chi connectivity index (χ4n) is 1.87. The molecule has 0 aromatic carbocycles. The minimum Gasteiger partial charge on any atom is -0.481 e. The number of rotatable bonds is 4. The summed E-state index contributed by atoms with van der Waals surface area (Å²) in [7, 11) is 0. The number of morpholine rings is 1. The van der Waals surface area contributed by atoms with Gasteiger partial charge in [-0.25, -0.2) is 0 Å². The normalized spacial score (nSPS) is 21.6. The van der Waals surface area contributed by atoms with Crippen LogP contribution in [0.1, 0.15) is 18.1 Å². The molecule has 1 fully saturated rings. The molecule has 0 aliphatic carbocycles. The van der Waals surface area contributed by atoms with Crippen LogP contribution in [-0.2, 0) is 16.1 Å². The Morgan fingerprint density at radius 1 is 1.65 bits per heavy atom. The molecule has 1 aliphatic heterocycles. The van der Waals surface area contributed by atoms with Crippen molar-refractivity contribution in [1.82, 2.24) is 15.0 Å². The summed E-state index contributed by atoms with van der Waals surface area (Å²) in [5.41, 5.74) is 0. The van der Waals surface area contributed by atoms with Gasteiger partial charge in [0.05, 0.1) is 26.2 Å². The lowest BCUT2D eigenvalue weighted by Gasteiger charge is -2.33. The highest BCUT2D eigenvalue weighted by atomic mass is 16.5. The molecule has 94 valence electrons. The molecule has 7 heteroatoms. The molecule has 1 N–H and O–H groups in total. The highest BCUT2D eigenvalue weighted by molar-refractivity contribution is 5.67. The van der Waals surface area contributed by atoms with E-state index in [4.69, 9.17) is 14.4 Å². The number of ether oxygens (including phenoxy) is 1. The van der Waals surface area contributed by atoms with Gasteiger partial charge in [0.1, 0.15) is 0 Å². The van der Waals surface area contributed by atoms with Gasteiger partial charge >= 0.3 is 5.97 Å². The van der Waals surface area contributed by atoms with E-state index in [2.05, 4.69) is 10.1 Å². The van der Waals surface area contributed by atoms with Crippen molar-refractivity contribution < 1.29 is 19.2 Å². The lowest BCUT2D eigenvalue weighted by molar-refractivity contribution is -0.140. The number of aromatic nitrogens is 2. The number of aryl methyl sites for hydroxylation is 1. The van der Waals surface area contributed by atoms with Gasteiger partial charge in [-0.3, -0.25) is 9.69 Å². The van der Waals surface area contributed by atoms with Crippen molar-refractivity contribution in [2.75, 3.05) is 19.8 Å². The summed E-state index contributed by atoms with van der Waals surface area (Å²) in [6.07, 6.45) is 0.0663. The van der Waals surface area contributed by atoms with Crippen LogP contribution < -0.4 is 0 Å². The van der Waals surface area contributed by atoms with Gasteiger partial charge < -0.3 is 14.4 Å². The highest BCUT2D eigenvalue weighted by Gasteiger charge is 2.26. The largest absolute Gasteiger partial charge is 0.481 e. The van der Waals surface area contributed by atoms with Crippen LogP contribution in [-0.4, -0.2) is 51.9 Å². The fraction of sp³-hybridized carbons (Fsp3) is 0.700. The Balaban J connectivity index is 1.98. The summed E-state index contributed by atoms with van der Waals surface area (Å²) in [5, 5.41) is 12.6. The average Bonchev–Trinajstić information content (AvgIpc) is 2.66. The van der Waals surface area contributed by atoms with Crippen LogP contribution in [0.4, 0.5) is 0 Å². The van der Waals surface area contributed by atoms with Crippen LogP contribution >= 0.6 is 0 Å². The van der Waals surface area contributed by atoms with Crippen molar-refractivity contribution >= 4 is 5.97 Å². The average molecular weight is 241 g/mol. The maximum Gasteiger partial charge on any atom is 0.305 e. The number of carboxylic acid groups (broad SMARTS) is 1. The first kappa shape index (κ1) is 12.0. The Labute approximate surface area is 98.4 Å². The molecule has 1 aliphatic rings. The Kier molecular flexibility index (Phi) is 3.70. The van der Waals surface area contributed by atoms with Crippen LogP contribution in [0.2, 0.25) is 0 Å². The van der Waals surface area contributed by atoms with Gasteiger partial charge in [-0.1, -0.05) is 5.16 Å². The minimum absolute atomic E-state index is 0.0663. The van der Waals surface area contributed by atoms with Crippen LogP contribution in [0, 0.1) is 6.92 Å². The molecule has 2 rings (SSSR count). The van der Waals surface area contributed by atoms with Gasteiger partial charge in [-0.15, -0.1) is 0 Å². The van der Waals surface area contributed by atoms with E-state index in [-0.39, 0.29) is 12.5 Å². The van der Waals surface area contributed by atoms with E-state index < -0.39 is 5.97 Å². The van der Waals surface area contributed by atoms with Gasteiger partial charge in [-0.05, 0) is 0 Å². The quantitative estimate of drug-likeness (QED) is 0.796. The second-order valence-corrected chi connectivity index (χ2v) is 4.03. The fourth-order valence-corrected chi connectivity index (χ4v) is 1.87. The molecule has 0 bridgehead atoms. The first-order valence-electron chi connectivity index (χ1n) is 5.48. The van der Waals surface area contributed by atoms with E-state index in [1.165, 1.54) is 0 Å². The maximum atomic E-state index is 10.7. The van der Waals surface area contributed by atoms with Crippen LogP contribution in [0.25, 0.3) is 0 Å². The third-order valence-electron chi connectivity index (χ3n) is 2.67. The minimum atomic E-state index is -0.824. The maximum absolute atomic E-state index is 10.7. The standard InChI is InChI=1S/C10H15N3O4/c1-7-11-9(12-17-7)5-13-2-3-16-6-8(13)4-10(14)15/h8H,2-6H2,1H3,(H,14,15). The molecule has 0 radical (unpaired) electrons. The predicted molar refractivity (Wildman–Crippen MR) is 56.3 cm³/mol. The van der Waals surface area contributed by atoms with Crippen LogP contribution in [0.3, 0.4) is 0 Å². The predicted octanol–water partition coefficient (Wildman–Crippen LogP) is 0.0535. The molecule has 1 aromatic heterocycles. The molecular formula is C10H15N3O4. The van der Waals surface area contributed by atoms with Gasteiger partial charge in [0, 0.05) is 19.5 Å². The molecular weight excluding hydrogens is 226 g/mol. The van der Waals surface area contributed by atoms with Crippen molar-refractivity contribution in [3.63, 3.8) is 0 Å². The zero-order chi connectivity index (χ0) is 12.3. The van der Waals surface area contributed by atoms with Gasteiger partial charge in [0.15, 0.2) is 5.82 Å². The number of hydrogen-bond acceptors (Lipinski definition) is 6. The van der Waals surface area contributed by atoms with E-state index in [1.54, 1.807) is 6.92 Å².